The van der Waals surface area contributed by atoms with E-state index in [4.69, 9.17) is 19.4 Å². The second-order valence-corrected chi connectivity index (χ2v) is 9.79. The van der Waals surface area contributed by atoms with Crippen LogP contribution in [0.4, 0.5) is 5.82 Å². The highest BCUT2D eigenvalue weighted by atomic mass is 16.7. The number of benzene rings is 3. The van der Waals surface area contributed by atoms with Crippen LogP contribution in [0.25, 0.3) is 11.0 Å². The van der Waals surface area contributed by atoms with Crippen molar-refractivity contribution in [3.63, 3.8) is 0 Å². The van der Waals surface area contributed by atoms with E-state index in [1.54, 1.807) is 0 Å². The van der Waals surface area contributed by atoms with Gasteiger partial charge in [0.1, 0.15) is 12.2 Å². The lowest BCUT2D eigenvalue weighted by Crippen LogP contribution is -3.13. The molecule has 2 aliphatic heterocycles. The van der Waals surface area contributed by atoms with Crippen molar-refractivity contribution in [1.29, 1.82) is 5.26 Å². The number of ether oxygens (including phenoxy) is 2. The van der Waals surface area contributed by atoms with Gasteiger partial charge in [-0.05, 0) is 35.9 Å². The van der Waals surface area contributed by atoms with E-state index in [-0.39, 0.29) is 12.7 Å². The molecule has 0 unspecified atom stereocenters. The summed E-state index contributed by atoms with van der Waals surface area (Å²) in [6.45, 7) is 4.75. The largest absolute Gasteiger partial charge is 0.454 e. The maximum Gasteiger partial charge on any atom is 0.243 e. The molecule has 9 heteroatoms. The van der Waals surface area contributed by atoms with Crippen LogP contribution in [0.5, 0.6) is 11.5 Å². The van der Waals surface area contributed by atoms with Gasteiger partial charge in [0.25, 0.3) is 0 Å². The number of nitrogens with zero attached hydrogens (tertiary/aromatic N) is 4. The van der Waals surface area contributed by atoms with E-state index in [0.29, 0.717) is 23.6 Å². The molecule has 39 heavy (non-hydrogen) atoms. The Labute approximate surface area is 226 Å². The van der Waals surface area contributed by atoms with Crippen LogP contribution < -0.4 is 24.6 Å². The van der Waals surface area contributed by atoms with Gasteiger partial charge in [0.2, 0.25) is 12.7 Å². The summed E-state index contributed by atoms with van der Waals surface area (Å²) in [7, 11) is 0. The second-order valence-electron chi connectivity index (χ2n) is 9.79. The third-order valence-corrected chi connectivity index (χ3v) is 7.21. The van der Waals surface area contributed by atoms with Crippen molar-refractivity contribution >= 4 is 22.8 Å². The van der Waals surface area contributed by atoms with Gasteiger partial charge < -0.3 is 24.6 Å². The zero-order chi connectivity index (χ0) is 26.6. The summed E-state index contributed by atoms with van der Waals surface area (Å²) in [6.07, 6.45) is 0. The summed E-state index contributed by atoms with van der Waals surface area (Å²) >= 11 is 0. The van der Waals surface area contributed by atoms with Crippen molar-refractivity contribution in [3.05, 3.63) is 89.6 Å². The van der Waals surface area contributed by atoms with Gasteiger partial charge in [0, 0.05) is 12.1 Å². The van der Waals surface area contributed by atoms with Gasteiger partial charge in [-0.2, -0.15) is 5.26 Å². The first-order valence-corrected chi connectivity index (χ1v) is 13.1. The van der Waals surface area contributed by atoms with Crippen molar-refractivity contribution in [1.82, 2.24) is 15.3 Å². The fourth-order valence-corrected chi connectivity index (χ4v) is 5.11. The number of rotatable bonds is 7. The molecule has 1 atom stereocenters. The van der Waals surface area contributed by atoms with Gasteiger partial charge in [-0.3, -0.25) is 4.79 Å². The number of piperazine rings is 1. The molecule has 0 bridgehead atoms. The molecule has 4 aromatic rings. The molecule has 2 N–H and O–H groups in total. The van der Waals surface area contributed by atoms with Gasteiger partial charge in [-0.25, -0.2) is 9.97 Å². The van der Waals surface area contributed by atoms with E-state index in [1.807, 2.05) is 60.7 Å². The number of quaternary nitrogens is 1. The Bertz CT molecular complexity index is 1530. The van der Waals surface area contributed by atoms with Gasteiger partial charge in [-0.15, -0.1) is 0 Å². The molecule has 1 amide bonds. The molecule has 0 radical (unpaired) electrons. The molecule has 1 aromatic heterocycles. The van der Waals surface area contributed by atoms with Gasteiger partial charge in [-0.1, -0.05) is 42.5 Å². The molecule has 0 saturated carbocycles. The number of carbonyl (C=O) groups excluding carboxylic acids is 1. The van der Waals surface area contributed by atoms with E-state index in [1.165, 1.54) is 10.5 Å². The van der Waals surface area contributed by atoms with E-state index < -0.39 is 5.92 Å². The molecule has 1 fully saturated rings. The van der Waals surface area contributed by atoms with E-state index in [0.717, 1.165) is 55.3 Å². The smallest absolute Gasteiger partial charge is 0.243 e. The van der Waals surface area contributed by atoms with Crippen LogP contribution in [0, 0.1) is 11.3 Å². The summed E-state index contributed by atoms with van der Waals surface area (Å²) in [5.41, 5.74) is 3.98. The lowest BCUT2D eigenvalue weighted by molar-refractivity contribution is -0.914. The van der Waals surface area contributed by atoms with Crippen molar-refractivity contribution in [2.24, 2.45) is 0 Å². The number of hydrogen-bond acceptors (Lipinski definition) is 7. The number of hydrogen-bond donors (Lipinski definition) is 2. The molecular weight excluding hydrogens is 492 g/mol. The number of para-hydroxylation sites is 2. The van der Waals surface area contributed by atoms with Gasteiger partial charge in [0.05, 0.1) is 43.3 Å². The van der Waals surface area contributed by atoms with Crippen LogP contribution in [-0.4, -0.2) is 48.8 Å². The Hall–Kier alpha value is -4.68. The molecule has 2 aliphatic rings. The van der Waals surface area contributed by atoms with Crippen LogP contribution in [0.3, 0.4) is 0 Å². The molecule has 0 aliphatic carbocycles. The standard InChI is InChI=1S/C30H28N6O3/c31-17-23(30(37)32-18-21-6-2-1-3-7-21)28-29(34-25-9-5-4-8-24(25)33-28)36-14-12-35(13-15-36)19-22-10-11-26-27(16-22)39-20-38-26/h1-11,16,23H,12-15,18-20H2,(H,32,37)/p+1/t23-/m0/s1. The van der Waals surface area contributed by atoms with Crippen LogP contribution in [0.2, 0.25) is 0 Å². The summed E-state index contributed by atoms with van der Waals surface area (Å²) < 4.78 is 11.0. The first kappa shape index (κ1) is 24.6. The quantitative estimate of drug-likeness (QED) is 0.384. The molecule has 3 aromatic carbocycles. The lowest BCUT2D eigenvalue weighted by Gasteiger charge is -2.34. The maximum absolute atomic E-state index is 13.2. The van der Waals surface area contributed by atoms with Crippen LogP contribution in [0.15, 0.2) is 72.8 Å². The SMILES string of the molecule is N#C[C@H](C(=O)NCc1ccccc1)c1nc2ccccc2nc1N1CC[NH+](Cc2ccc3c(c2)OCO3)CC1. The fraction of sp³-hybridized carbons (Fsp3) is 0.267. The van der Waals surface area contributed by atoms with Crippen molar-refractivity contribution < 1.29 is 19.2 Å². The number of anilines is 1. The second kappa shape index (κ2) is 11.0. The number of amides is 1. The molecule has 9 nitrogen and oxygen atoms in total. The third kappa shape index (κ3) is 5.33. The number of nitriles is 1. The van der Waals surface area contributed by atoms with Crippen LogP contribution in [0.1, 0.15) is 22.7 Å². The number of fused-ring (bicyclic) bond motifs is 2. The molecule has 6 rings (SSSR count). The predicted octanol–water partition coefficient (Wildman–Crippen LogP) is 2.19. The summed E-state index contributed by atoms with van der Waals surface area (Å²) in [5.74, 6) is 0.756. The van der Waals surface area contributed by atoms with E-state index in [9.17, 15) is 10.1 Å². The average Bonchev–Trinajstić information content (AvgIpc) is 3.45. The van der Waals surface area contributed by atoms with Crippen molar-refractivity contribution in [2.45, 2.75) is 19.0 Å². The third-order valence-electron chi connectivity index (χ3n) is 7.21. The van der Waals surface area contributed by atoms with Crippen LogP contribution in [-0.2, 0) is 17.9 Å². The molecule has 3 heterocycles. The fourth-order valence-electron chi connectivity index (χ4n) is 5.11. The topological polar surface area (TPSA) is 105 Å². The molecule has 0 spiro atoms. The highest BCUT2D eigenvalue weighted by molar-refractivity contribution is 5.88. The van der Waals surface area contributed by atoms with Gasteiger partial charge in [0.15, 0.2) is 23.2 Å². The predicted molar refractivity (Wildman–Crippen MR) is 145 cm³/mol. The van der Waals surface area contributed by atoms with E-state index in [2.05, 4.69) is 28.4 Å². The Kier molecular flexibility index (Phi) is 6.93. The number of carbonyl (C=O) groups is 1. The Balaban J connectivity index is 1.20. The zero-order valence-corrected chi connectivity index (χ0v) is 21.5. The number of aromatic nitrogens is 2. The first-order chi connectivity index (χ1) is 19.2. The minimum Gasteiger partial charge on any atom is -0.454 e. The number of nitrogens with one attached hydrogen (secondary N) is 2. The lowest BCUT2D eigenvalue weighted by atomic mass is 10.0. The zero-order valence-electron chi connectivity index (χ0n) is 21.5. The maximum atomic E-state index is 13.2. The molecule has 196 valence electrons. The monoisotopic (exact) mass is 521 g/mol. The van der Waals surface area contributed by atoms with Crippen LogP contribution >= 0.6 is 0 Å². The van der Waals surface area contributed by atoms with Crippen molar-refractivity contribution in [2.75, 3.05) is 37.9 Å². The molecular formula is C30H29N6O3+. The van der Waals surface area contributed by atoms with Gasteiger partial charge >= 0.3 is 0 Å². The summed E-state index contributed by atoms with van der Waals surface area (Å²) in [4.78, 5) is 26.5. The minimum absolute atomic E-state index is 0.271. The Morgan fingerprint density at radius 3 is 2.44 bits per heavy atom. The average molecular weight is 522 g/mol. The Morgan fingerprint density at radius 1 is 0.949 bits per heavy atom. The van der Waals surface area contributed by atoms with Crippen molar-refractivity contribution in [3.8, 4) is 17.6 Å². The highest BCUT2D eigenvalue weighted by Crippen LogP contribution is 2.32. The molecule has 1 saturated heterocycles. The normalized spacial score (nSPS) is 15.6. The van der Waals surface area contributed by atoms with E-state index >= 15 is 0 Å². The summed E-state index contributed by atoms with van der Waals surface area (Å²) in [5, 5.41) is 13.0. The summed E-state index contributed by atoms with van der Waals surface area (Å²) in [6, 6.07) is 25.5. The minimum atomic E-state index is -1.07. The highest BCUT2D eigenvalue weighted by Gasteiger charge is 2.31. The Morgan fingerprint density at radius 2 is 1.67 bits per heavy atom. The first-order valence-electron chi connectivity index (χ1n) is 13.1.